The van der Waals surface area contributed by atoms with Gasteiger partial charge in [0.05, 0.1) is 24.0 Å². The summed E-state index contributed by atoms with van der Waals surface area (Å²) in [6, 6.07) is 7.47. The normalized spacial score (nSPS) is 25.1. The number of ether oxygens (including phenoxy) is 1. The highest BCUT2D eigenvalue weighted by Gasteiger charge is 2.63. The summed E-state index contributed by atoms with van der Waals surface area (Å²) in [6.45, 7) is 0.356. The molecule has 4 heterocycles. The van der Waals surface area contributed by atoms with Crippen LogP contribution in [0.15, 0.2) is 30.5 Å². The minimum absolute atomic E-state index is 0.0496. The fraction of sp³-hybridized carbons (Fsp3) is 0.350. The van der Waals surface area contributed by atoms with Gasteiger partial charge < -0.3 is 14.5 Å². The van der Waals surface area contributed by atoms with Crippen LogP contribution >= 0.6 is 0 Å². The summed E-state index contributed by atoms with van der Waals surface area (Å²) >= 11 is 0. The number of fused-ring (bicyclic) bond motifs is 6. The van der Waals surface area contributed by atoms with Gasteiger partial charge in [0.25, 0.3) is 5.91 Å². The number of amides is 4. The number of nitrogens with zero attached hydrogens (tertiary/aromatic N) is 5. The third-order valence-corrected chi connectivity index (χ3v) is 5.97. The van der Waals surface area contributed by atoms with Crippen molar-refractivity contribution in [1.29, 1.82) is 5.26 Å². The van der Waals surface area contributed by atoms with Gasteiger partial charge in [0.2, 0.25) is 5.91 Å². The summed E-state index contributed by atoms with van der Waals surface area (Å²) in [5.41, 5.74) is 0.596. The molecule has 1 aromatic heterocycles. The van der Waals surface area contributed by atoms with E-state index in [-0.39, 0.29) is 36.2 Å². The van der Waals surface area contributed by atoms with Crippen LogP contribution in [0, 0.1) is 11.3 Å². The molecule has 3 aliphatic heterocycles. The number of carbonyl (C=O) groups excluding carboxylic acids is 3. The molecule has 0 spiro atoms. The lowest BCUT2D eigenvalue weighted by molar-refractivity contribution is -0.139. The van der Waals surface area contributed by atoms with Crippen molar-refractivity contribution in [1.82, 2.24) is 14.8 Å². The van der Waals surface area contributed by atoms with Crippen molar-refractivity contribution in [2.45, 2.75) is 24.5 Å². The van der Waals surface area contributed by atoms with Gasteiger partial charge in [0.15, 0.2) is 0 Å². The first kappa shape index (κ1) is 17.6. The van der Waals surface area contributed by atoms with E-state index in [1.165, 1.54) is 13.3 Å². The average Bonchev–Trinajstić information content (AvgIpc) is 3.39. The maximum atomic E-state index is 13.3. The lowest BCUT2D eigenvalue weighted by Gasteiger charge is -2.34. The summed E-state index contributed by atoms with van der Waals surface area (Å²) < 4.78 is 4.94. The topological polar surface area (TPSA) is 107 Å². The third-order valence-electron chi connectivity index (χ3n) is 5.97. The molecule has 2 aromatic rings. The van der Waals surface area contributed by atoms with Gasteiger partial charge in [-0.25, -0.2) is 14.7 Å². The quantitative estimate of drug-likeness (QED) is 0.719. The number of nitriles is 1. The summed E-state index contributed by atoms with van der Waals surface area (Å²) in [7, 11) is 1.45. The van der Waals surface area contributed by atoms with E-state index < -0.39 is 12.1 Å². The zero-order chi connectivity index (χ0) is 20.3. The summed E-state index contributed by atoms with van der Waals surface area (Å²) in [6.07, 6.45) is 1.99. The second-order valence-electron chi connectivity index (χ2n) is 7.39. The van der Waals surface area contributed by atoms with Crippen molar-refractivity contribution in [3.05, 3.63) is 36.2 Å². The first-order valence-electron chi connectivity index (χ1n) is 9.29. The summed E-state index contributed by atoms with van der Waals surface area (Å²) in [5.74, 6) is -0.544. The molecule has 5 rings (SSSR count). The highest BCUT2D eigenvalue weighted by molar-refractivity contribution is 6.25. The maximum Gasteiger partial charge on any atom is 0.332 e. The van der Waals surface area contributed by atoms with Crippen molar-refractivity contribution in [3.8, 4) is 6.07 Å². The fourth-order valence-electron chi connectivity index (χ4n) is 4.82. The predicted molar refractivity (Wildman–Crippen MR) is 101 cm³/mol. The van der Waals surface area contributed by atoms with Crippen molar-refractivity contribution >= 4 is 34.3 Å². The molecule has 146 valence electrons. The van der Waals surface area contributed by atoms with E-state index in [1.54, 1.807) is 34.1 Å². The van der Waals surface area contributed by atoms with Gasteiger partial charge in [0, 0.05) is 24.4 Å². The second kappa shape index (κ2) is 6.25. The Kier molecular flexibility index (Phi) is 3.79. The van der Waals surface area contributed by atoms with Gasteiger partial charge in [-0.2, -0.15) is 5.26 Å². The van der Waals surface area contributed by atoms with E-state index in [1.807, 2.05) is 6.07 Å². The molecule has 0 N–H and O–H groups in total. The molecular formula is C20H17N5O4. The monoisotopic (exact) mass is 391 g/mol. The molecular weight excluding hydrogens is 374 g/mol. The molecule has 2 unspecified atom stereocenters. The summed E-state index contributed by atoms with van der Waals surface area (Å²) in [4.78, 5) is 47.4. The minimum Gasteiger partial charge on any atom is -0.375 e. The number of pyridine rings is 1. The van der Waals surface area contributed by atoms with Gasteiger partial charge in [0.1, 0.15) is 24.4 Å². The van der Waals surface area contributed by atoms with Crippen LogP contribution in [0.3, 0.4) is 0 Å². The summed E-state index contributed by atoms with van der Waals surface area (Å²) in [5, 5.41) is 10.5. The van der Waals surface area contributed by atoms with Gasteiger partial charge in [-0.1, -0.05) is 24.3 Å². The Hall–Kier alpha value is -3.51. The Morgan fingerprint density at radius 2 is 2.07 bits per heavy atom. The van der Waals surface area contributed by atoms with E-state index in [0.717, 1.165) is 4.90 Å². The number of imide groups is 1. The Morgan fingerprint density at radius 3 is 2.79 bits per heavy atom. The number of benzene rings is 1. The number of hydrogen-bond acceptors (Lipinski definition) is 6. The highest BCUT2D eigenvalue weighted by Crippen LogP contribution is 2.43. The average molecular weight is 391 g/mol. The smallest absolute Gasteiger partial charge is 0.332 e. The minimum atomic E-state index is -0.698. The molecule has 2 bridgehead atoms. The van der Waals surface area contributed by atoms with Gasteiger partial charge in [-0.05, 0) is 6.42 Å². The van der Waals surface area contributed by atoms with E-state index in [9.17, 15) is 19.6 Å². The molecule has 0 saturated carbocycles. The van der Waals surface area contributed by atoms with E-state index >= 15 is 0 Å². The largest absolute Gasteiger partial charge is 0.375 e. The molecule has 3 aliphatic rings. The Bertz CT molecular complexity index is 1110. The van der Waals surface area contributed by atoms with Crippen molar-refractivity contribution in [3.63, 3.8) is 0 Å². The molecule has 9 heteroatoms. The number of urea groups is 1. The zero-order valence-electron chi connectivity index (χ0n) is 15.6. The van der Waals surface area contributed by atoms with Crippen LogP contribution in [-0.2, 0) is 14.3 Å². The number of methoxy groups -OCH3 is 1. The lowest BCUT2D eigenvalue weighted by Crippen LogP contribution is -2.55. The molecule has 3 saturated heterocycles. The number of piperazine rings is 1. The number of likely N-dealkylation sites (tertiary alicyclic amines) is 1. The van der Waals surface area contributed by atoms with E-state index in [2.05, 4.69) is 4.98 Å². The SMILES string of the molecule is COCC(=O)N1CC2CC1[C@@H]1C(=O)N(c3cnc(C#N)c4ccccc34)C(=O)N21. The number of carbonyl (C=O) groups is 3. The van der Waals surface area contributed by atoms with Crippen LogP contribution in [0.25, 0.3) is 10.8 Å². The van der Waals surface area contributed by atoms with E-state index in [4.69, 9.17) is 4.74 Å². The molecule has 3 fully saturated rings. The Balaban J connectivity index is 1.55. The van der Waals surface area contributed by atoms with Crippen molar-refractivity contribution < 1.29 is 19.1 Å². The van der Waals surface area contributed by atoms with Crippen LogP contribution in [-0.4, -0.2) is 71.0 Å². The number of hydrogen-bond donors (Lipinski definition) is 0. The molecule has 3 atom stereocenters. The third kappa shape index (κ3) is 2.29. The Labute approximate surface area is 166 Å². The van der Waals surface area contributed by atoms with Crippen LogP contribution in [0.2, 0.25) is 0 Å². The van der Waals surface area contributed by atoms with Crippen molar-refractivity contribution in [2.75, 3.05) is 25.2 Å². The number of anilines is 1. The molecule has 4 amide bonds. The highest BCUT2D eigenvalue weighted by atomic mass is 16.5. The first-order chi connectivity index (χ1) is 14.1. The van der Waals surface area contributed by atoms with Gasteiger partial charge >= 0.3 is 6.03 Å². The number of aromatic nitrogens is 1. The molecule has 9 nitrogen and oxygen atoms in total. The van der Waals surface area contributed by atoms with Gasteiger partial charge in [-0.3, -0.25) is 9.59 Å². The van der Waals surface area contributed by atoms with Crippen LogP contribution in [0.5, 0.6) is 0 Å². The first-order valence-corrected chi connectivity index (χ1v) is 9.29. The second-order valence-corrected chi connectivity index (χ2v) is 7.39. The van der Waals surface area contributed by atoms with Gasteiger partial charge in [-0.15, -0.1) is 0 Å². The molecule has 0 radical (unpaired) electrons. The van der Waals surface area contributed by atoms with Crippen molar-refractivity contribution in [2.24, 2.45) is 0 Å². The lowest BCUT2D eigenvalue weighted by atomic mass is 10.1. The standard InChI is InChI=1S/C20H17N5O4/c1-29-10-17(26)23-9-11-6-15(23)18-19(27)25(20(28)24(11)18)16-8-22-14(7-21)12-4-2-3-5-13(12)16/h2-5,8,11,15,18H,6,9-10H2,1H3/t11?,15?,18-/m1/s1. The van der Waals surface area contributed by atoms with Crippen LogP contribution < -0.4 is 4.90 Å². The Morgan fingerprint density at radius 1 is 1.31 bits per heavy atom. The van der Waals surface area contributed by atoms with E-state index in [0.29, 0.717) is 29.4 Å². The zero-order valence-corrected chi connectivity index (χ0v) is 15.6. The van der Waals surface area contributed by atoms with Crippen LogP contribution in [0.1, 0.15) is 12.1 Å². The number of rotatable bonds is 3. The maximum absolute atomic E-state index is 13.3. The molecule has 1 aromatic carbocycles. The molecule has 29 heavy (non-hydrogen) atoms. The fourth-order valence-corrected chi connectivity index (χ4v) is 4.82. The molecule has 0 aliphatic carbocycles. The predicted octanol–water partition coefficient (Wildman–Crippen LogP) is 0.873. The van der Waals surface area contributed by atoms with Crippen LogP contribution in [0.4, 0.5) is 10.5 Å².